The minimum atomic E-state index is -0.00454. The Balaban J connectivity index is 0. The predicted molar refractivity (Wildman–Crippen MR) is 51.0 cm³/mol. The molecule has 1 atom stereocenters. The fourth-order valence-electron chi connectivity index (χ4n) is 0.919. The molecule has 0 radical (unpaired) electrons. The summed E-state index contributed by atoms with van der Waals surface area (Å²) in [5.74, 6) is 0. The highest BCUT2D eigenvalue weighted by molar-refractivity contribution is 5.85. The molecule has 0 saturated carbocycles. The number of nitrogens with two attached hydrogens (primary N) is 1. The first-order chi connectivity index (χ1) is 4.52. The first-order valence-electron chi connectivity index (χ1n) is 3.88. The molecule has 0 spiro atoms. The van der Waals surface area contributed by atoms with Crippen LogP contribution in [0.25, 0.3) is 0 Å². The molecule has 0 fully saturated rings. The lowest BCUT2D eigenvalue weighted by Crippen LogP contribution is -2.29. The molecule has 3 heteroatoms. The second-order valence-electron chi connectivity index (χ2n) is 3.69. The molecule has 0 aromatic heterocycles. The third kappa shape index (κ3) is 6.60. The van der Waals surface area contributed by atoms with Gasteiger partial charge in [-0.2, -0.15) is 0 Å². The van der Waals surface area contributed by atoms with Crippen LogP contribution in [-0.4, -0.2) is 17.8 Å². The van der Waals surface area contributed by atoms with Crippen molar-refractivity contribution >= 4 is 12.4 Å². The first kappa shape index (κ1) is 13.8. The van der Waals surface area contributed by atoms with E-state index in [1.54, 1.807) is 0 Å². The van der Waals surface area contributed by atoms with Gasteiger partial charge < -0.3 is 10.8 Å². The average molecular weight is 182 g/mol. The van der Waals surface area contributed by atoms with Crippen molar-refractivity contribution in [2.24, 2.45) is 11.1 Å². The second-order valence-corrected chi connectivity index (χ2v) is 3.69. The van der Waals surface area contributed by atoms with E-state index in [4.69, 9.17) is 10.8 Å². The number of hydrogen-bond acceptors (Lipinski definition) is 2. The van der Waals surface area contributed by atoms with Crippen LogP contribution in [0.1, 0.15) is 33.6 Å². The van der Waals surface area contributed by atoms with Gasteiger partial charge in [0.25, 0.3) is 0 Å². The molecule has 2 nitrogen and oxygen atoms in total. The lowest BCUT2D eigenvalue weighted by atomic mass is 9.86. The zero-order valence-electron chi connectivity index (χ0n) is 7.63. The van der Waals surface area contributed by atoms with Crippen molar-refractivity contribution in [3.05, 3.63) is 0 Å². The summed E-state index contributed by atoms with van der Waals surface area (Å²) in [7, 11) is 0. The molecule has 0 rings (SSSR count). The van der Waals surface area contributed by atoms with Crippen LogP contribution < -0.4 is 5.73 Å². The molecular weight excluding hydrogens is 162 g/mol. The number of halogens is 1. The van der Waals surface area contributed by atoms with Crippen LogP contribution in [0.3, 0.4) is 0 Å². The predicted octanol–water partition coefficient (Wildman–Crippen LogP) is 1.55. The summed E-state index contributed by atoms with van der Waals surface area (Å²) in [5, 5.41) is 8.88. The molecule has 0 aliphatic heterocycles. The van der Waals surface area contributed by atoms with Crippen molar-refractivity contribution in [1.82, 2.24) is 0 Å². The number of rotatable bonds is 4. The summed E-state index contributed by atoms with van der Waals surface area (Å²) >= 11 is 0. The van der Waals surface area contributed by atoms with Crippen LogP contribution in [0.4, 0.5) is 0 Å². The van der Waals surface area contributed by atoms with E-state index in [0.29, 0.717) is 0 Å². The molecule has 0 aliphatic rings. The van der Waals surface area contributed by atoms with Gasteiger partial charge in [0.2, 0.25) is 0 Å². The Morgan fingerprint density at radius 2 is 1.91 bits per heavy atom. The summed E-state index contributed by atoms with van der Waals surface area (Å²) in [5.41, 5.74) is 5.72. The van der Waals surface area contributed by atoms with Gasteiger partial charge in [-0.25, -0.2) is 0 Å². The molecule has 0 bridgehead atoms. The fourth-order valence-corrected chi connectivity index (χ4v) is 0.919. The van der Waals surface area contributed by atoms with Crippen LogP contribution in [0.2, 0.25) is 0 Å². The van der Waals surface area contributed by atoms with Gasteiger partial charge in [-0.15, -0.1) is 12.4 Å². The molecule has 0 saturated heterocycles. The summed E-state index contributed by atoms with van der Waals surface area (Å²) in [4.78, 5) is 0. The van der Waals surface area contributed by atoms with Crippen LogP contribution in [0, 0.1) is 5.41 Å². The number of hydrogen-bond donors (Lipinski definition) is 2. The maximum atomic E-state index is 8.88. The van der Waals surface area contributed by atoms with Crippen molar-refractivity contribution in [2.75, 3.05) is 6.61 Å². The fraction of sp³-hybridized carbons (Fsp3) is 1.00. The van der Waals surface area contributed by atoms with E-state index in [1.165, 1.54) is 0 Å². The van der Waals surface area contributed by atoms with E-state index >= 15 is 0 Å². The quantitative estimate of drug-likeness (QED) is 0.692. The van der Waals surface area contributed by atoms with Gasteiger partial charge in [-0.1, -0.05) is 20.8 Å². The Bertz CT molecular complexity index is 96.1. The summed E-state index contributed by atoms with van der Waals surface area (Å²) in [6, 6.07) is 0.238. The molecule has 1 unspecified atom stereocenters. The molecule has 0 aromatic rings. The van der Waals surface area contributed by atoms with Crippen molar-refractivity contribution in [1.29, 1.82) is 0 Å². The molecule has 11 heavy (non-hydrogen) atoms. The highest BCUT2D eigenvalue weighted by atomic mass is 35.5. The standard InChI is InChI=1S/C8H19NO.ClH/c1-4-7(9)5-8(2,3)6-10;/h7,10H,4-6,9H2,1-3H3;1H. The summed E-state index contributed by atoms with van der Waals surface area (Å²) < 4.78 is 0. The topological polar surface area (TPSA) is 46.2 Å². The molecule has 0 aromatic carbocycles. The lowest BCUT2D eigenvalue weighted by molar-refractivity contribution is 0.141. The third-order valence-electron chi connectivity index (χ3n) is 1.77. The number of aliphatic hydroxyl groups is 1. The normalized spacial score (nSPS) is 13.9. The van der Waals surface area contributed by atoms with Crippen molar-refractivity contribution in [2.45, 2.75) is 39.7 Å². The lowest BCUT2D eigenvalue weighted by Gasteiger charge is -2.24. The van der Waals surface area contributed by atoms with E-state index in [9.17, 15) is 0 Å². The molecule has 3 N–H and O–H groups in total. The van der Waals surface area contributed by atoms with E-state index in [0.717, 1.165) is 12.8 Å². The van der Waals surface area contributed by atoms with E-state index in [2.05, 4.69) is 6.92 Å². The SMILES string of the molecule is CCC(N)CC(C)(C)CO.Cl. The van der Waals surface area contributed by atoms with E-state index < -0.39 is 0 Å². The van der Waals surface area contributed by atoms with Gasteiger partial charge >= 0.3 is 0 Å². The minimum absolute atomic E-state index is 0. The Kier molecular flexibility index (Phi) is 7.28. The molecular formula is C8H20ClNO. The second kappa shape index (κ2) is 5.81. The van der Waals surface area contributed by atoms with Crippen LogP contribution in [0.15, 0.2) is 0 Å². The van der Waals surface area contributed by atoms with Crippen molar-refractivity contribution in [3.63, 3.8) is 0 Å². The minimum Gasteiger partial charge on any atom is -0.396 e. The van der Waals surface area contributed by atoms with Gasteiger partial charge in [-0.05, 0) is 18.3 Å². The van der Waals surface area contributed by atoms with Gasteiger partial charge in [0.05, 0.1) is 0 Å². The zero-order valence-corrected chi connectivity index (χ0v) is 8.45. The van der Waals surface area contributed by atoms with Gasteiger partial charge in [0.1, 0.15) is 0 Å². The van der Waals surface area contributed by atoms with Crippen molar-refractivity contribution < 1.29 is 5.11 Å². The summed E-state index contributed by atoms with van der Waals surface area (Å²) in [6.45, 7) is 6.35. The van der Waals surface area contributed by atoms with Gasteiger partial charge in [0, 0.05) is 12.6 Å². The third-order valence-corrected chi connectivity index (χ3v) is 1.77. The largest absolute Gasteiger partial charge is 0.396 e. The van der Waals surface area contributed by atoms with Crippen LogP contribution in [-0.2, 0) is 0 Å². The monoisotopic (exact) mass is 181 g/mol. The van der Waals surface area contributed by atoms with Gasteiger partial charge in [0.15, 0.2) is 0 Å². The maximum Gasteiger partial charge on any atom is 0.0482 e. The Hall–Kier alpha value is 0.210. The van der Waals surface area contributed by atoms with Crippen LogP contribution in [0.5, 0.6) is 0 Å². The average Bonchev–Trinajstić information content (AvgIpc) is 1.87. The first-order valence-corrected chi connectivity index (χ1v) is 3.88. The van der Waals surface area contributed by atoms with E-state index in [1.807, 2.05) is 13.8 Å². The molecule has 0 heterocycles. The van der Waals surface area contributed by atoms with Gasteiger partial charge in [-0.3, -0.25) is 0 Å². The maximum absolute atomic E-state index is 8.88. The zero-order chi connectivity index (χ0) is 8.20. The summed E-state index contributed by atoms with van der Waals surface area (Å²) in [6.07, 6.45) is 1.89. The van der Waals surface area contributed by atoms with Crippen molar-refractivity contribution in [3.8, 4) is 0 Å². The number of aliphatic hydroxyl groups excluding tert-OH is 1. The Labute approximate surface area is 75.6 Å². The molecule has 0 amide bonds. The Morgan fingerprint density at radius 3 is 2.18 bits per heavy atom. The highest BCUT2D eigenvalue weighted by Crippen LogP contribution is 2.21. The van der Waals surface area contributed by atoms with Crippen LogP contribution >= 0.6 is 12.4 Å². The Morgan fingerprint density at radius 1 is 1.45 bits per heavy atom. The smallest absolute Gasteiger partial charge is 0.0482 e. The molecule has 0 aliphatic carbocycles. The van der Waals surface area contributed by atoms with E-state index in [-0.39, 0.29) is 30.5 Å². The molecule has 70 valence electrons. The highest BCUT2D eigenvalue weighted by Gasteiger charge is 2.18.